The Hall–Kier alpha value is -8.71. The van der Waals surface area contributed by atoms with Gasteiger partial charge in [0.1, 0.15) is 0 Å². The van der Waals surface area contributed by atoms with Gasteiger partial charge in [-0.05, 0) is 60.7 Å². The Morgan fingerprint density at radius 3 is 0.641 bits per heavy atom. The topological polar surface area (TPSA) is 19.7 Å². The molecule has 4 nitrogen and oxygen atoms in total. The number of hydrogen-bond acceptors (Lipinski definition) is 4. The van der Waals surface area contributed by atoms with Crippen molar-refractivity contribution in [1.82, 2.24) is 18.7 Å². The summed E-state index contributed by atoms with van der Waals surface area (Å²) in [6, 6.07) is 150. The third-order valence-corrected chi connectivity index (χ3v) is 49.1. The van der Waals surface area contributed by atoms with E-state index in [4.69, 9.17) is 0 Å². The molecule has 0 unspecified atom stereocenters. The second kappa shape index (κ2) is 41.6. The molecule has 7 heterocycles. The molecular formula is C102H147B6Br3N4S16. The summed E-state index contributed by atoms with van der Waals surface area (Å²) in [7, 11) is 18.6. The smallest absolute Gasteiger partial charge is 0.248 e. The van der Waals surface area contributed by atoms with Crippen LogP contribution in [0.3, 0.4) is 0 Å². The number of halogens is 3. The minimum absolute atomic E-state index is 0. The van der Waals surface area contributed by atoms with Gasteiger partial charge >= 0.3 is 0 Å². The molecule has 0 saturated carbocycles. The van der Waals surface area contributed by atoms with Crippen molar-refractivity contribution in [1.29, 1.82) is 0 Å². The highest BCUT2D eigenvalue weighted by atomic mass is 79.9. The van der Waals surface area contributed by atoms with Crippen LogP contribution in [0.25, 0.3) is 87.2 Å². The van der Waals surface area contributed by atoms with Crippen molar-refractivity contribution >= 4 is 418 Å². The summed E-state index contributed by atoms with van der Waals surface area (Å²) in [4.78, 5) is 0. The minimum atomic E-state index is 0. The van der Waals surface area contributed by atoms with E-state index in [-0.39, 0.29) is 89.5 Å². The van der Waals surface area contributed by atoms with Gasteiger partial charge in [0.05, 0.1) is 44.1 Å². The van der Waals surface area contributed by atoms with Crippen LogP contribution >= 0.6 is 47.6 Å². The summed E-state index contributed by atoms with van der Waals surface area (Å²) in [6.07, 6.45) is 0. The molecule has 0 bridgehead atoms. The van der Waals surface area contributed by atoms with Crippen LogP contribution < -0.4 is 92.9 Å². The largest absolute Gasteiger partial charge is 0.286 e. The number of rotatable bonds is 7. The Balaban J connectivity index is -0.0000000971. The van der Waals surface area contributed by atoms with Crippen molar-refractivity contribution in [3.8, 4) is 0 Å². The first-order valence-corrected chi connectivity index (χ1v) is 63.2. The van der Waals surface area contributed by atoms with Gasteiger partial charge in [0.15, 0.2) is 0 Å². The Bertz CT molecular complexity index is 8240. The van der Waals surface area contributed by atoms with Crippen molar-refractivity contribution in [3.63, 3.8) is 0 Å². The van der Waals surface area contributed by atoms with E-state index in [0.717, 1.165) is 8.95 Å². The van der Waals surface area contributed by atoms with E-state index in [1.165, 1.54) is 216 Å². The summed E-state index contributed by atoms with van der Waals surface area (Å²) in [5.74, 6) is 0. The SMILES string of the molecule is BrB1c2ccccc2B(c2ccccc2)c2ccccc21.Brc1ccc2c3ccccc3n(-n3c4ccccc4c4ccc(Br)cc43)c2c1.S=S=S=S.S=S=S=S=S=S=S=S=S=S=S=S.[HH].[HH].[HH].[HH].[HH].[HH].[HH].[HH].[HH].[HH].[HH].[HH].[HH].[HH].[HH].[HH].[HH].[HH].[HH].[HH].[HH].[HH].[HH].[HH].[HH].[HH].[HH].[HH].[HH].[HH].[HH].[HH].[HH].[HH].[HH].[HH].[HH].[HH].[HH].[HH].c1ccc(B2c3ccccc3B(c3ccc4c5ccccc5n(-n5c6ccccc6c6ccc(B7c8ccccc8B(c8ccccc8)c8ccccc87)cc65)c4c3)c3ccccc32)cc1. The van der Waals surface area contributed by atoms with Crippen LogP contribution in [0, 0.1) is 0 Å². The highest BCUT2D eigenvalue weighted by Gasteiger charge is 2.41. The van der Waals surface area contributed by atoms with E-state index in [1.54, 1.807) is 71.0 Å². The molecule has 24 rings (SSSR count). The normalized spacial score (nSPS) is 12.0. The summed E-state index contributed by atoms with van der Waals surface area (Å²) in [5, 5.41) is 10.0. The average molecular weight is 2250 g/mol. The van der Waals surface area contributed by atoms with Gasteiger partial charge in [0, 0.05) is 260 Å². The molecule has 0 aliphatic carbocycles. The molecule has 3 aliphatic rings. The van der Waals surface area contributed by atoms with Crippen molar-refractivity contribution in [2.75, 3.05) is 0 Å². The number of aromatic nitrogens is 4. The molecule has 0 radical (unpaired) electrons. The molecule has 710 valence electrons. The van der Waals surface area contributed by atoms with Crippen LogP contribution in [-0.4, -0.2) is 57.8 Å². The third kappa shape index (κ3) is 17.8. The molecule has 0 saturated heterocycles. The van der Waals surface area contributed by atoms with Gasteiger partial charge in [0.25, 0.3) is 5.54 Å². The quantitative estimate of drug-likeness (QED) is 0.148. The maximum absolute atomic E-state index is 4.69. The maximum Gasteiger partial charge on any atom is 0.286 e. The van der Waals surface area contributed by atoms with Crippen LogP contribution in [0.1, 0.15) is 57.1 Å². The standard InChI is InChI=1S/C60H40B4N2.C24H14Br2N2.C18H13B2Br.S12.S4.40H2/c1-3-19-41(20-4-1)61-49-25-9-13-29-53(49)63(54-30-14-10-26-50(54)61)43-35-37-47-45-23-7-17-33-57(45)65(59(47)39-43)66-58-34-18-8-24-46(58)48-38-36-44(40-60(48)66)64-55-31-15-11-27-51(55)62(42-21-5-2-6-22-42)52-28-12-16-32-56(52)64;25-15-9-11-19-17-5-1-3-7-21(17)27(23(19)13-15)28-22-8-4-2-6-18(22)20-12-10-16(26)14-24(20)28;21-20-17-12-6-4-10-15(17)19(14-8-2-1-3-9-14)16-11-5-7-13-18(16)20;1-3-5-7-9-11-12-10-8-6-4-2;1-3-4-2;;;;;;;;;;;;;;;;;;;;;;;;;;;;;;;;;;;;;;;;/h1-40H;1-14H;1-13H;;;40*1H. The third-order valence-electron chi connectivity index (χ3n) is 24.9. The Morgan fingerprint density at radius 1 is 0.183 bits per heavy atom. The van der Waals surface area contributed by atoms with Crippen molar-refractivity contribution in [2.45, 2.75) is 0 Å². The van der Waals surface area contributed by atoms with Crippen molar-refractivity contribution in [2.24, 2.45) is 0 Å². The van der Waals surface area contributed by atoms with Gasteiger partial charge in [0.2, 0.25) is 33.6 Å². The van der Waals surface area contributed by atoms with Crippen LogP contribution in [-0.2, 0) is 151 Å². The Kier molecular flexibility index (Phi) is 28.6. The first kappa shape index (κ1) is 90.1. The fraction of sp³-hybridized carbons (Fsp3) is 0. The molecule has 0 fully saturated rings. The fourth-order valence-corrected chi connectivity index (χ4v) is 43.5. The lowest BCUT2D eigenvalue weighted by molar-refractivity contribution is 0.774. The Morgan fingerprint density at radius 2 is 0.382 bits per heavy atom. The maximum atomic E-state index is 4.69. The number of hydrogen-bond donors (Lipinski definition) is 0. The number of nitrogens with zero attached hydrogens (tertiary/aromatic N) is 4. The molecule has 29 heteroatoms. The summed E-state index contributed by atoms with van der Waals surface area (Å²) >= 11 is 29.3. The van der Waals surface area contributed by atoms with E-state index < -0.39 is 0 Å². The predicted molar refractivity (Wildman–Crippen MR) is 712 cm³/mol. The van der Waals surface area contributed by atoms with Gasteiger partial charge in [-0.15, -0.1) is 15.8 Å². The number of para-hydroxylation sites is 4. The Labute approximate surface area is 900 Å². The lowest BCUT2D eigenvalue weighted by Crippen LogP contribution is -2.74. The van der Waals surface area contributed by atoms with Crippen LogP contribution in [0.5, 0.6) is 0 Å². The molecule has 4 aromatic heterocycles. The van der Waals surface area contributed by atoms with Crippen LogP contribution in [0.2, 0.25) is 0 Å². The molecule has 0 atom stereocenters. The zero-order chi connectivity index (χ0) is 88.8. The van der Waals surface area contributed by atoms with Gasteiger partial charge in [-0.2, -0.15) is 0 Å². The first-order valence-electron chi connectivity index (χ1n) is 42.0. The monoisotopic (exact) mass is 2240 g/mol. The summed E-state index contributed by atoms with van der Waals surface area (Å²) < 4.78 is 11.9. The summed E-state index contributed by atoms with van der Waals surface area (Å²) in [6.45, 7) is 0.814. The highest BCUT2D eigenvalue weighted by Crippen LogP contribution is 2.39. The first-order chi connectivity index (χ1) is 64.7. The molecule has 17 aromatic carbocycles. The fourth-order valence-electron chi connectivity index (χ4n) is 20.0. The van der Waals surface area contributed by atoms with Gasteiger partial charge < -0.3 is 0 Å². The second-order valence-electron chi connectivity index (χ2n) is 31.5. The van der Waals surface area contributed by atoms with E-state index in [1.807, 2.05) is 0 Å². The van der Waals surface area contributed by atoms with Gasteiger partial charge in [-0.3, -0.25) is 0 Å². The van der Waals surface area contributed by atoms with Gasteiger partial charge in [-0.1, -0.05) is 471 Å². The molecule has 21 aromatic rings. The van der Waals surface area contributed by atoms with Gasteiger partial charge in [-0.25, -0.2) is 18.7 Å². The van der Waals surface area contributed by atoms with Crippen LogP contribution in [0.15, 0.2) is 415 Å². The molecule has 3 aliphatic heterocycles. The molecule has 0 spiro atoms. The van der Waals surface area contributed by atoms with Crippen molar-refractivity contribution < 1.29 is 57.1 Å². The van der Waals surface area contributed by atoms with E-state index in [2.05, 4.69) is 518 Å². The summed E-state index contributed by atoms with van der Waals surface area (Å²) in [5.41, 5.74) is 33.0. The zero-order valence-electron chi connectivity index (χ0n) is 69.1. The highest BCUT2D eigenvalue weighted by molar-refractivity contribution is 9.25. The molecule has 131 heavy (non-hydrogen) atoms. The van der Waals surface area contributed by atoms with Crippen LogP contribution in [0.4, 0.5) is 0 Å². The minimum Gasteiger partial charge on any atom is -0.248 e. The number of fused-ring (bicyclic) bond motifs is 18. The molecule has 0 amide bonds. The molecule has 0 N–H and O–H groups in total. The number of benzene rings is 17. The van der Waals surface area contributed by atoms with Crippen molar-refractivity contribution in [3.05, 3.63) is 415 Å². The lowest BCUT2D eigenvalue weighted by atomic mass is 9.21. The van der Waals surface area contributed by atoms with E-state index in [0.29, 0.717) is 6.71 Å². The zero-order valence-corrected chi connectivity index (χ0v) is 86.9. The van der Waals surface area contributed by atoms with E-state index in [9.17, 15) is 0 Å². The lowest BCUT2D eigenvalue weighted by Gasteiger charge is -2.32. The predicted octanol–water partition coefficient (Wildman–Crippen LogP) is 23.5. The average Bonchev–Trinajstić information content (AvgIpc) is 1.56. The van der Waals surface area contributed by atoms with E-state index >= 15 is 0 Å². The second-order valence-corrected chi connectivity index (χ2v) is 55.5. The molecular weight excluding hydrogens is 2100 g/mol.